The number of hydrogen-bond acceptors (Lipinski definition) is 2. The molecule has 2 heterocycles. The lowest BCUT2D eigenvalue weighted by Gasteiger charge is -2.30. The van der Waals surface area contributed by atoms with Gasteiger partial charge in [0.05, 0.1) is 0 Å². The van der Waals surface area contributed by atoms with Crippen LogP contribution in [-0.2, 0) is 16.2 Å². The molecule has 166 valence electrons. The normalized spacial score (nSPS) is 19.0. The highest BCUT2D eigenvalue weighted by Crippen LogP contribution is 2.62. The van der Waals surface area contributed by atoms with Gasteiger partial charge in [0.15, 0.2) is 0 Å². The summed E-state index contributed by atoms with van der Waals surface area (Å²) >= 11 is 3.93. The van der Waals surface area contributed by atoms with Gasteiger partial charge in [0.1, 0.15) is 0 Å². The zero-order valence-electron chi connectivity index (χ0n) is 20.8. The fraction of sp³-hybridized carbons (Fsp3) is 0.355. The third kappa shape index (κ3) is 2.19. The molecule has 0 amide bonds. The maximum absolute atomic E-state index is 2.56. The largest absolute Gasteiger partial charge is 0.140 e. The summed E-state index contributed by atoms with van der Waals surface area (Å²) in [6.45, 7) is 19.1. The molecular formula is C31H30S2. The molecule has 0 fully saturated rings. The lowest BCUT2D eigenvalue weighted by molar-refractivity contribution is 0.601. The smallest absolute Gasteiger partial charge is 0.0389 e. The first-order chi connectivity index (χ1) is 15.4. The standard InChI is InChI=1S/C31H30S2/c1-15-11-23-28(33-15)20-14-21-19(13-22(20)29(23,3)4)17-9-10-18-26(25(17)30(21,5)6)31(7,8)24-12-16(2)32-27(18)24/h9-14H,1-8H3. The van der Waals surface area contributed by atoms with E-state index in [1.807, 2.05) is 22.7 Å². The Hall–Kier alpha value is -2.16. The van der Waals surface area contributed by atoms with Crippen LogP contribution in [-0.4, -0.2) is 0 Å². The van der Waals surface area contributed by atoms with Gasteiger partial charge in [-0.2, -0.15) is 0 Å². The van der Waals surface area contributed by atoms with E-state index in [1.165, 1.54) is 64.0 Å². The van der Waals surface area contributed by atoms with Crippen LogP contribution in [0.1, 0.15) is 84.7 Å². The predicted octanol–water partition coefficient (Wildman–Crippen LogP) is 9.35. The summed E-state index contributed by atoms with van der Waals surface area (Å²) in [5.41, 5.74) is 15.1. The highest BCUT2D eigenvalue weighted by atomic mass is 32.1. The lowest BCUT2D eigenvalue weighted by Crippen LogP contribution is -2.24. The van der Waals surface area contributed by atoms with Crippen LogP contribution in [0.3, 0.4) is 0 Å². The molecule has 0 N–H and O–H groups in total. The van der Waals surface area contributed by atoms with Crippen molar-refractivity contribution in [2.24, 2.45) is 0 Å². The predicted molar refractivity (Wildman–Crippen MR) is 144 cm³/mol. The summed E-state index contributed by atoms with van der Waals surface area (Å²) in [4.78, 5) is 5.82. The van der Waals surface area contributed by atoms with Gasteiger partial charge in [0.2, 0.25) is 0 Å². The van der Waals surface area contributed by atoms with Gasteiger partial charge in [0.25, 0.3) is 0 Å². The van der Waals surface area contributed by atoms with Crippen LogP contribution in [0.25, 0.3) is 32.0 Å². The monoisotopic (exact) mass is 466 g/mol. The number of aryl methyl sites for hydroxylation is 2. The van der Waals surface area contributed by atoms with E-state index in [0.29, 0.717) is 0 Å². The van der Waals surface area contributed by atoms with Crippen LogP contribution in [0, 0.1) is 13.8 Å². The molecule has 0 atom stereocenters. The van der Waals surface area contributed by atoms with E-state index in [2.05, 4.69) is 91.8 Å². The Morgan fingerprint density at radius 2 is 0.939 bits per heavy atom. The molecule has 2 heteroatoms. The van der Waals surface area contributed by atoms with E-state index in [1.54, 1.807) is 11.1 Å². The number of fused-ring (bicyclic) bond motifs is 10. The summed E-state index contributed by atoms with van der Waals surface area (Å²) in [5.74, 6) is 0. The molecule has 0 saturated heterocycles. The quantitative estimate of drug-likeness (QED) is 0.242. The highest BCUT2D eigenvalue weighted by molar-refractivity contribution is 7.16. The van der Waals surface area contributed by atoms with E-state index in [0.717, 1.165) is 0 Å². The Labute approximate surface area is 205 Å². The molecule has 0 radical (unpaired) electrons. The summed E-state index contributed by atoms with van der Waals surface area (Å²) in [5, 5.41) is 0. The first-order valence-electron chi connectivity index (χ1n) is 12.0. The van der Waals surface area contributed by atoms with Crippen LogP contribution < -0.4 is 0 Å². The van der Waals surface area contributed by atoms with E-state index >= 15 is 0 Å². The lowest BCUT2D eigenvalue weighted by atomic mass is 9.72. The molecule has 3 aliphatic carbocycles. The van der Waals surface area contributed by atoms with E-state index in [9.17, 15) is 0 Å². The van der Waals surface area contributed by atoms with Gasteiger partial charge in [-0.05, 0) is 93.7 Å². The van der Waals surface area contributed by atoms with Gasteiger partial charge in [0, 0.05) is 35.8 Å². The van der Waals surface area contributed by atoms with Crippen LogP contribution in [0.5, 0.6) is 0 Å². The maximum Gasteiger partial charge on any atom is 0.0389 e. The topological polar surface area (TPSA) is 0 Å². The minimum Gasteiger partial charge on any atom is -0.140 e. The molecule has 7 rings (SSSR count). The number of hydrogen-bond donors (Lipinski definition) is 0. The molecule has 0 saturated carbocycles. The van der Waals surface area contributed by atoms with Crippen molar-refractivity contribution in [1.82, 2.24) is 0 Å². The Bertz CT molecular complexity index is 1550. The second kappa shape index (κ2) is 5.73. The molecule has 2 aromatic heterocycles. The Balaban J connectivity index is 1.53. The highest BCUT2D eigenvalue weighted by Gasteiger charge is 2.48. The molecule has 3 aliphatic rings. The molecule has 33 heavy (non-hydrogen) atoms. The van der Waals surface area contributed by atoms with E-state index in [-0.39, 0.29) is 16.2 Å². The van der Waals surface area contributed by atoms with E-state index in [4.69, 9.17) is 0 Å². The zero-order chi connectivity index (χ0) is 23.2. The van der Waals surface area contributed by atoms with Crippen molar-refractivity contribution in [1.29, 1.82) is 0 Å². The Kier molecular flexibility index (Phi) is 3.51. The summed E-state index contributed by atoms with van der Waals surface area (Å²) in [6.07, 6.45) is 0. The van der Waals surface area contributed by atoms with Gasteiger partial charge in [-0.3, -0.25) is 0 Å². The van der Waals surface area contributed by atoms with Crippen LogP contribution in [0.15, 0.2) is 36.4 Å². The number of thiophene rings is 2. The van der Waals surface area contributed by atoms with Crippen molar-refractivity contribution in [3.8, 4) is 32.0 Å². The molecule has 0 aliphatic heterocycles. The van der Waals surface area contributed by atoms with Crippen molar-refractivity contribution >= 4 is 22.7 Å². The van der Waals surface area contributed by atoms with Crippen molar-refractivity contribution in [2.45, 2.75) is 71.6 Å². The minimum absolute atomic E-state index is 0.00923. The molecular weight excluding hydrogens is 436 g/mol. The summed E-state index contributed by atoms with van der Waals surface area (Å²) in [6, 6.07) is 14.8. The van der Waals surface area contributed by atoms with Crippen molar-refractivity contribution in [2.75, 3.05) is 0 Å². The minimum atomic E-state index is -0.00923. The fourth-order valence-corrected chi connectivity index (χ4v) is 9.54. The molecule has 0 bridgehead atoms. The first-order valence-corrected chi connectivity index (χ1v) is 13.7. The van der Waals surface area contributed by atoms with Crippen LogP contribution >= 0.6 is 22.7 Å². The molecule has 2 aromatic carbocycles. The van der Waals surface area contributed by atoms with Crippen molar-refractivity contribution < 1.29 is 0 Å². The second-order valence-corrected chi connectivity index (χ2v) is 14.4. The fourth-order valence-electron chi connectivity index (χ4n) is 7.13. The first kappa shape index (κ1) is 20.2. The van der Waals surface area contributed by atoms with Gasteiger partial charge in [-0.25, -0.2) is 0 Å². The van der Waals surface area contributed by atoms with E-state index < -0.39 is 0 Å². The maximum atomic E-state index is 2.56. The zero-order valence-corrected chi connectivity index (χ0v) is 22.4. The molecule has 0 nitrogen and oxygen atoms in total. The van der Waals surface area contributed by atoms with Gasteiger partial charge in [-0.15, -0.1) is 22.7 Å². The van der Waals surface area contributed by atoms with Crippen molar-refractivity contribution in [3.05, 3.63) is 79.5 Å². The average molecular weight is 467 g/mol. The van der Waals surface area contributed by atoms with Gasteiger partial charge in [-0.1, -0.05) is 53.7 Å². The number of benzene rings is 2. The Morgan fingerprint density at radius 3 is 1.61 bits per heavy atom. The van der Waals surface area contributed by atoms with Crippen LogP contribution in [0.4, 0.5) is 0 Å². The third-order valence-electron chi connectivity index (χ3n) is 8.80. The van der Waals surface area contributed by atoms with Gasteiger partial charge >= 0.3 is 0 Å². The second-order valence-electron chi connectivity index (χ2n) is 11.9. The summed E-state index contributed by atoms with van der Waals surface area (Å²) in [7, 11) is 0. The Morgan fingerprint density at radius 1 is 0.485 bits per heavy atom. The summed E-state index contributed by atoms with van der Waals surface area (Å²) < 4.78 is 0. The number of rotatable bonds is 0. The van der Waals surface area contributed by atoms with Gasteiger partial charge < -0.3 is 0 Å². The molecule has 0 unspecified atom stereocenters. The molecule has 4 aromatic rings. The average Bonchev–Trinajstić information content (AvgIpc) is 3.47. The van der Waals surface area contributed by atoms with Crippen molar-refractivity contribution in [3.63, 3.8) is 0 Å². The molecule has 0 spiro atoms. The van der Waals surface area contributed by atoms with Crippen LogP contribution in [0.2, 0.25) is 0 Å². The SMILES string of the molecule is Cc1cc2c(s1)-c1cc3c(cc1C2(C)C)-c1ccc2c(c1C3(C)C)C(C)(C)c1cc(C)sc1-2. The third-order valence-corrected chi connectivity index (χ3v) is 11.0.